The summed E-state index contributed by atoms with van der Waals surface area (Å²) >= 11 is 0. The Bertz CT molecular complexity index is 943. The third-order valence-corrected chi connectivity index (χ3v) is 5.16. The van der Waals surface area contributed by atoms with Gasteiger partial charge in [0.2, 0.25) is 5.91 Å². The van der Waals surface area contributed by atoms with Crippen molar-refractivity contribution in [3.05, 3.63) is 53.1 Å². The summed E-state index contributed by atoms with van der Waals surface area (Å²) in [5.74, 6) is 0.998. The second-order valence-corrected chi connectivity index (χ2v) is 7.23. The summed E-state index contributed by atoms with van der Waals surface area (Å²) in [6.07, 6.45) is 3.64. The number of benzene rings is 1. The van der Waals surface area contributed by atoms with Gasteiger partial charge < -0.3 is 19.0 Å². The lowest BCUT2D eigenvalue weighted by atomic mass is 9.97. The van der Waals surface area contributed by atoms with Gasteiger partial charge in [-0.3, -0.25) is 4.79 Å². The van der Waals surface area contributed by atoms with E-state index in [0.29, 0.717) is 26.1 Å². The zero-order chi connectivity index (χ0) is 18.8. The maximum absolute atomic E-state index is 12.6. The van der Waals surface area contributed by atoms with E-state index >= 15 is 0 Å². The molecule has 1 saturated heterocycles. The van der Waals surface area contributed by atoms with Gasteiger partial charge in [0.15, 0.2) is 0 Å². The number of carbonyl (C=O) groups excluding carboxylic acids is 1. The van der Waals surface area contributed by atoms with Gasteiger partial charge in [-0.1, -0.05) is 18.1 Å². The van der Waals surface area contributed by atoms with Crippen molar-refractivity contribution in [2.24, 2.45) is 5.92 Å². The maximum atomic E-state index is 12.6. The summed E-state index contributed by atoms with van der Waals surface area (Å²) in [5.41, 5.74) is 3.83. The van der Waals surface area contributed by atoms with Gasteiger partial charge in [-0.05, 0) is 31.0 Å². The summed E-state index contributed by atoms with van der Waals surface area (Å²) in [4.78, 5) is 12.6. The number of hydrogen-bond donors (Lipinski definition) is 1. The molecular formula is C21H24N2O4. The third-order valence-electron chi connectivity index (χ3n) is 5.16. The van der Waals surface area contributed by atoms with Crippen molar-refractivity contribution < 1.29 is 18.5 Å². The van der Waals surface area contributed by atoms with Gasteiger partial charge in [0.05, 0.1) is 37.6 Å². The highest BCUT2D eigenvalue weighted by molar-refractivity contribution is 5.88. The van der Waals surface area contributed by atoms with Crippen molar-refractivity contribution in [2.75, 3.05) is 13.2 Å². The lowest BCUT2D eigenvalue weighted by Gasteiger charge is -2.17. The number of ether oxygens (including phenoxy) is 1. The molecule has 4 rings (SSSR count). The quantitative estimate of drug-likeness (QED) is 0.723. The molecule has 3 heterocycles. The number of amides is 1. The van der Waals surface area contributed by atoms with E-state index in [0.717, 1.165) is 34.4 Å². The van der Waals surface area contributed by atoms with E-state index in [1.165, 1.54) is 5.56 Å². The Morgan fingerprint density at radius 3 is 2.96 bits per heavy atom. The van der Waals surface area contributed by atoms with Crippen LogP contribution in [0.4, 0.5) is 0 Å². The number of aromatic nitrogens is 1. The molecule has 1 N–H and O–H groups in total. The van der Waals surface area contributed by atoms with Gasteiger partial charge in [-0.15, -0.1) is 0 Å². The van der Waals surface area contributed by atoms with E-state index < -0.39 is 0 Å². The second kappa shape index (κ2) is 7.56. The first kappa shape index (κ1) is 17.8. The molecule has 0 saturated carbocycles. The minimum absolute atomic E-state index is 0.0196. The molecular weight excluding hydrogens is 344 g/mol. The van der Waals surface area contributed by atoms with Crippen LogP contribution in [0.1, 0.15) is 29.5 Å². The number of rotatable bonds is 6. The van der Waals surface area contributed by atoms with Crippen molar-refractivity contribution in [1.82, 2.24) is 10.5 Å². The first-order chi connectivity index (χ1) is 13.1. The van der Waals surface area contributed by atoms with Crippen LogP contribution in [-0.4, -0.2) is 30.3 Å². The number of carbonyl (C=O) groups is 1. The van der Waals surface area contributed by atoms with Crippen LogP contribution in [0.3, 0.4) is 0 Å². The van der Waals surface area contributed by atoms with Gasteiger partial charge in [0, 0.05) is 29.4 Å². The largest absolute Gasteiger partial charge is 0.464 e. The molecule has 2 aromatic heterocycles. The average molecular weight is 368 g/mol. The van der Waals surface area contributed by atoms with Crippen molar-refractivity contribution in [2.45, 2.75) is 39.2 Å². The van der Waals surface area contributed by atoms with Crippen LogP contribution in [0.25, 0.3) is 11.0 Å². The highest BCUT2D eigenvalue weighted by Crippen LogP contribution is 2.24. The molecule has 1 amide bonds. The second-order valence-electron chi connectivity index (χ2n) is 7.23. The molecule has 1 fully saturated rings. The van der Waals surface area contributed by atoms with Crippen LogP contribution in [0.15, 0.2) is 39.5 Å². The molecule has 3 aromatic rings. The van der Waals surface area contributed by atoms with E-state index in [1.807, 2.05) is 19.1 Å². The summed E-state index contributed by atoms with van der Waals surface area (Å²) < 4.78 is 16.5. The molecule has 0 radical (unpaired) electrons. The number of fused-ring (bicyclic) bond motifs is 1. The van der Waals surface area contributed by atoms with Crippen LogP contribution in [0, 0.1) is 12.8 Å². The van der Waals surface area contributed by atoms with Gasteiger partial charge in [0.1, 0.15) is 11.3 Å². The zero-order valence-corrected chi connectivity index (χ0v) is 15.7. The van der Waals surface area contributed by atoms with E-state index in [4.69, 9.17) is 13.7 Å². The molecule has 1 aliphatic rings. The molecule has 6 heteroatoms. The van der Waals surface area contributed by atoms with Crippen LogP contribution in [0.5, 0.6) is 0 Å². The number of furan rings is 1. The van der Waals surface area contributed by atoms with Crippen LogP contribution in [0.2, 0.25) is 0 Å². The van der Waals surface area contributed by atoms with Crippen LogP contribution in [-0.2, 0) is 28.8 Å². The predicted octanol–water partition coefficient (Wildman–Crippen LogP) is 3.21. The Balaban J connectivity index is 1.41. The Hall–Kier alpha value is -2.60. The number of aryl methyl sites for hydroxylation is 2. The van der Waals surface area contributed by atoms with Crippen molar-refractivity contribution in [3.63, 3.8) is 0 Å². The number of hydrogen-bond acceptors (Lipinski definition) is 5. The molecule has 0 bridgehead atoms. The first-order valence-corrected chi connectivity index (χ1v) is 9.40. The highest BCUT2D eigenvalue weighted by Gasteiger charge is 2.31. The Kier molecular flexibility index (Phi) is 4.99. The molecule has 2 atom stereocenters. The predicted molar refractivity (Wildman–Crippen MR) is 100 cm³/mol. The first-order valence-electron chi connectivity index (χ1n) is 9.40. The fourth-order valence-corrected chi connectivity index (χ4v) is 3.65. The summed E-state index contributed by atoms with van der Waals surface area (Å²) in [6.45, 7) is 5.15. The van der Waals surface area contributed by atoms with Gasteiger partial charge >= 0.3 is 0 Å². The maximum Gasteiger partial charge on any atom is 0.224 e. The molecule has 0 spiro atoms. The molecule has 142 valence electrons. The Labute approximate surface area is 157 Å². The molecule has 1 aromatic carbocycles. The standard InChI is InChI=1S/C21H24N2O4/c1-3-14-4-5-20-18(7-14)15(11-26-20)9-21(24)22-19-12-25-10-16(19)8-17-6-13(2)23-27-17/h4-7,11,16,19H,3,8-10,12H2,1-2H3,(H,22,24)/t16-,19+/m1/s1. The molecule has 6 nitrogen and oxygen atoms in total. The van der Waals surface area contributed by atoms with E-state index in [9.17, 15) is 4.79 Å². The summed E-state index contributed by atoms with van der Waals surface area (Å²) in [7, 11) is 0. The molecule has 0 aliphatic carbocycles. The number of nitrogens with zero attached hydrogens (tertiary/aromatic N) is 1. The Morgan fingerprint density at radius 1 is 1.30 bits per heavy atom. The lowest BCUT2D eigenvalue weighted by molar-refractivity contribution is -0.121. The van der Waals surface area contributed by atoms with Crippen molar-refractivity contribution >= 4 is 16.9 Å². The average Bonchev–Trinajstić information content (AvgIpc) is 3.37. The molecule has 27 heavy (non-hydrogen) atoms. The van der Waals surface area contributed by atoms with E-state index in [1.54, 1.807) is 6.26 Å². The van der Waals surface area contributed by atoms with Crippen molar-refractivity contribution in [3.8, 4) is 0 Å². The smallest absolute Gasteiger partial charge is 0.224 e. The minimum atomic E-state index is -0.0210. The topological polar surface area (TPSA) is 77.5 Å². The monoisotopic (exact) mass is 368 g/mol. The van der Waals surface area contributed by atoms with Crippen LogP contribution < -0.4 is 5.32 Å². The van der Waals surface area contributed by atoms with E-state index in [-0.39, 0.29) is 17.9 Å². The zero-order valence-electron chi connectivity index (χ0n) is 15.7. The number of nitrogens with one attached hydrogen (secondary N) is 1. The summed E-state index contributed by atoms with van der Waals surface area (Å²) in [5, 5.41) is 8.06. The van der Waals surface area contributed by atoms with Gasteiger partial charge in [0.25, 0.3) is 0 Å². The lowest BCUT2D eigenvalue weighted by Crippen LogP contribution is -2.41. The summed E-state index contributed by atoms with van der Waals surface area (Å²) in [6, 6.07) is 8.04. The van der Waals surface area contributed by atoms with Crippen LogP contribution >= 0.6 is 0 Å². The molecule has 0 unspecified atom stereocenters. The third kappa shape index (κ3) is 3.90. The van der Waals surface area contributed by atoms with Crippen molar-refractivity contribution in [1.29, 1.82) is 0 Å². The van der Waals surface area contributed by atoms with E-state index in [2.05, 4.69) is 29.5 Å². The normalized spacial score (nSPS) is 19.6. The highest BCUT2D eigenvalue weighted by atomic mass is 16.5. The van der Waals surface area contributed by atoms with Gasteiger partial charge in [-0.25, -0.2) is 0 Å². The fraction of sp³-hybridized carbons (Fsp3) is 0.429. The minimum Gasteiger partial charge on any atom is -0.464 e. The fourth-order valence-electron chi connectivity index (χ4n) is 3.65. The Morgan fingerprint density at radius 2 is 2.19 bits per heavy atom. The SMILES string of the molecule is CCc1ccc2occ(CC(=O)N[C@H]3COC[C@H]3Cc3cc(C)no3)c2c1. The van der Waals surface area contributed by atoms with Gasteiger partial charge in [-0.2, -0.15) is 0 Å². The molecule has 1 aliphatic heterocycles.